The number of phosphoric ester groups is 1. The van der Waals surface area contributed by atoms with Gasteiger partial charge in [-0.25, -0.2) is 4.79 Å². The largest absolute Gasteiger partial charge is 0.756 e. The van der Waals surface area contributed by atoms with E-state index in [2.05, 4.69) is 26.0 Å². The lowest BCUT2D eigenvalue weighted by atomic mass is 10.0. The fraction of sp³-hybridized carbons (Fsp3) is 0.750. The number of rotatable bonds is 38. The van der Waals surface area contributed by atoms with Crippen LogP contribution in [0.15, 0.2) is 60.8 Å². The SMILES string of the molecule is CCCCCCCCCC=CC=CC=CC=CC=CC(=O)O[C@H](COCCCCCCCCCCCCCCCC)COP(=O)([O-])OCC[N+](C)(C)C. The van der Waals surface area contributed by atoms with Crippen LogP contribution in [0.25, 0.3) is 0 Å². The summed E-state index contributed by atoms with van der Waals surface area (Å²) in [6, 6.07) is 0. The first-order valence-electron chi connectivity index (χ1n) is 21.1. The summed E-state index contributed by atoms with van der Waals surface area (Å²) in [4.78, 5) is 24.9. The molecule has 0 amide bonds. The molecule has 0 saturated carbocycles. The Morgan fingerprint density at radius 1 is 0.585 bits per heavy atom. The van der Waals surface area contributed by atoms with Crippen molar-refractivity contribution in [3.05, 3.63) is 60.8 Å². The first-order valence-corrected chi connectivity index (χ1v) is 22.6. The number of likely N-dealkylation sites (N-methyl/N-ethyl adjacent to an activating group) is 1. The van der Waals surface area contributed by atoms with E-state index in [0.29, 0.717) is 17.6 Å². The van der Waals surface area contributed by atoms with E-state index >= 15 is 0 Å². The van der Waals surface area contributed by atoms with Crippen LogP contribution >= 0.6 is 7.82 Å². The molecule has 0 aliphatic heterocycles. The number of hydrogen-bond acceptors (Lipinski definition) is 7. The van der Waals surface area contributed by atoms with Gasteiger partial charge in [-0.1, -0.05) is 191 Å². The number of hydrogen-bond donors (Lipinski definition) is 0. The van der Waals surface area contributed by atoms with Crippen molar-refractivity contribution in [1.82, 2.24) is 0 Å². The van der Waals surface area contributed by atoms with Gasteiger partial charge in [0.1, 0.15) is 19.3 Å². The molecule has 0 spiro atoms. The highest BCUT2D eigenvalue weighted by molar-refractivity contribution is 7.45. The maximum Gasteiger partial charge on any atom is 0.331 e. The molecule has 308 valence electrons. The zero-order valence-corrected chi connectivity index (χ0v) is 35.6. The van der Waals surface area contributed by atoms with Crippen molar-refractivity contribution in [3.63, 3.8) is 0 Å². The highest BCUT2D eigenvalue weighted by Crippen LogP contribution is 2.38. The van der Waals surface area contributed by atoms with Crippen molar-refractivity contribution in [3.8, 4) is 0 Å². The van der Waals surface area contributed by atoms with E-state index in [9.17, 15) is 14.3 Å². The zero-order valence-electron chi connectivity index (χ0n) is 34.7. The van der Waals surface area contributed by atoms with Gasteiger partial charge in [0.05, 0.1) is 34.4 Å². The van der Waals surface area contributed by atoms with Gasteiger partial charge in [-0.3, -0.25) is 4.57 Å². The number of unbranched alkanes of at least 4 members (excludes halogenated alkanes) is 20. The van der Waals surface area contributed by atoms with E-state index in [0.717, 1.165) is 19.3 Å². The number of ether oxygens (including phenoxy) is 2. The molecule has 0 bridgehead atoms. The van der Waals surface area contributed by atoms with E-state index in [-0.39, 0.29) is 19.8 Å². The molecular formula is C44H80NO7P. The Kier molecular flexibility index (Phi) is 35.9. The third kappa shape index (κ3) is 41.2. The number of esters is 1. The van der Waals surface area contributed by atoms with Crippen LogP contribution in [0.3, 0.4) is 0 Å². The van der Waals surface area contributed by atoms with Crippen molar-refractivity contribution >= 4 is 13.8 Å². The summed E-state index contributed by atoms with van der Waals surface area (Å²) >= 11 is 0. The minimum absolute atomic E-state index is 0.000321. The van der Waals surface area contributed by atoms with Crippen LogP contribution < -0.4 is 4.89 Å². The van der Waals surface area contributed by atoms with Crippen molar-refractivity contribution in [2.45, 2.75) is 161 Å². The van der Waals surface area contributed by atoms with Crippen molar-refractivity contribution in [1.29, 1.82) is 0 Å². The number of quaternary nitrogens is 1. The second-order valence-corrected chi connectivity index (χ2v) is 16.6. The lowest BCUT2D eigenvalue weighted by Gasteiger charge is -2.28. The summed E-state index contributed by atoms with van der Waals surface area (Å²) in [5.74, 6) is -0.606. The van der Waals surface area contributed by atoms with Gasteiger partial charge in [-0.2, -0.15) is 0 Å². The minimum atomic E-state index is -4.56. The van der Waals surface area contributed by atoms with Gasteiger partial charge >= 0.3 is 5.97 Å². The normalized spacial score (nSPS) is 14.5. The first-order chi connectivity index (χ1) is 25.6. The van der Waals surface area contributed by atoms with Crippen molar-refractivity contribution in [2.24, 2.45) is 0 Å². The smallest absolute Gasteiger partial charge is 0.331 e. The Morgan fingerprint density at radius 3 is 1.55 bits per heavy atom. The van der Waals surface area contributed by atoms with E-state index in [4.69, 9.17) is 18.5 Å². The molecule has 0 aromatic heterocycles. The van der Waals surface area contributed by atoms with Gasteiger partial charge in [-0.15, -0.1) is 0 Å². The van der Waals surface area contributed by atoms with Gasteiger partial charge in [0.15, 0.2) is 0 Å². The molecule has 0 heterocycles. The molecule has 1 unspecified atom stereocenters. The molecule has 0 N–H and O–H groups in total. The Bertz CT molecular complexity index is 1030. The van der Waals surface area contributed by atoms with E-state index < -0.39 is 19.9 Å². The fourth-order valence-electron chi connectivity index (χ4n) is 5.48. The van der Waals surface area contributed by atoms with Gasteiger partial charge in [0, 0.05) is 12.7 Å². The molecule has 0 aliphatic rings. The molecule has 9 heteroatoms. The van der Waals surface area contributed by atoms with Gasteiger partial charge in [0.25, 0.3) is 7.82 Å². The number of carbonyl (C=O) groups excluding carboxylic acids is 1. The number of phosphoric acid groups is 1. The van der Waals surface area contributed by atoms with Crippen molar-refractivity contribution in [2.75, 3.05) is 54.1 Å². The Labute approximate surface area is 326 Å². The van der Waals surface area contributed by atoms with Gasteiger partial charge in [-0.05, 0) is 19.3 Å². The monoisotopic (exact) mass is 766 g/mol. The summed E-state index contributed by atoms with van der Waals surface area (Å²) < 4.78 is 34.2. The highest BCUT2D eigenvalue weighted by atomic mass is 31.2. The zero-order chi connectivity index (χ0) is 39.1. The van der Waals surface area contributed by atoms with Crippen LogP contribution in [0.4, 0.5) is 0 Å². The highest BCUT2D eigenvalue weighted by Gasteiger charge is 2.19. The lowest BCUT2D eigenvalue weighted by molar-refractivity contribution is -0.870. The van der Waals surface area contributed by atoms with Crippen LogP contribution in [0.2, 0.25) is 0 Å². The molecule has 0 rings (SSSR count). The number of carbonyl (C=O) groups is 1. The molecule has 0 fully saturated rings. The molecule has 0 aromatic carbocycles. The first kappa shape index (κ1) is 51.2. The van der Waals surface area contributed by atoms with Crippen LogP contribution in [-0.4, -0.2) is 70.7 Å². The van der Waals surface area contributed by atoms with Crippen LogP contribution in [0, 0.1) is 0 Å². The molecule has 2 atom stereocenters. The number of allylic oxidation sites excluding steroid dienone is 9. The summed E-state index contributed by atoms with van der Waals surface area (Å²) in [6.07, 6.45) is 45.9. The van der Waals surface area contributed by atoms with Gasteiger partial charge in [0.2, 0.25) is 0 Å². The summed E-state index contributed by atoms with van der Waals surface area (Å²) in [7, 11) is 1.27. The summed E-state index contributed by atoms with van der Waals surface area (Å²) in [5.41, 5.74) is 0. The van der Waals surface area contributed by atoms with E-state index in [1.54, 1.807) is 12.2 Å². The maximum absolute atomic E-state index is 12.5. The molecule has 0 saturated heterocycles. The topological polar surface area (TPSA) is 94.1 Å². The Hall–Kier alpha value is -1.80. The van der Waals surface area contributed by atoms with E-state index in [1.807, 2.05) is 51.5 Å². The van der Waals surface area contributed by atoms with Crippen LogP contribution in [-0.2, 0) is 27.9 Å². The second kappa shape index (κ2) is 37.1. The maximum atomic E-state index is 12.5. The molecule has 0 aromatic rings. The quantitative estimate of drug-likeness (QED) is 0.0154. The average Bonchev–Trinajstić information content (AvgIpc) is 3.11. The summed E-state index contributed by atoms with van der Waals surface area (Å²) in [5, 5.41) is 0. The Balaban J connectivity index is 4.49. The second-order valence-electron chi connectivity index (χ2n) is 15.2. The third-order valence-corrected chi connectivity index (χ3v) is 9.74. The van der Waals surface area contributed by atoms with Gasteiger partial charge < -0.3 is 27.9 Å². The predicted molar refractivity (Wildman–Crippen MR) is 222 cm³/mol. The minimum Gasteiger partial charge on any atom is -0.756 e. The Morgan fingerprint density at radius 2 is 1.04 bits per heavy atom. The fourth-order valence-corrected chi connectivity index (χ4v) is 6.21. The average molecular weight is 766 g/mol. The standard InChI is InChI=1S/C44H80NO7P/c1-6-8-10-12-14-16-18-20-22-23-24-25-27-29-31-33-35-37-44(46)52-43(42-51-53(47,48)50-40-38-45(3,4)5)41-49-39-36-34-32-30-28-26-21-19-17-15-13-11-9-7-2/h22-25,27,29,31,33,35,37,43H,6-21,26,28,30,32,34,36,38-42H2,1-5H3/t43-/m1/s1. The molecular weight excluding hydrogens is 685 g/mol. The summed E-state index contributed by atoms with van der Waals surface area (Å²) in [6.45, 7) is 5.18. The number of nitrogens with zero attached hydrogens (tertiary/aromatic N) is 1. The molecule has 8 nitrogen and oxygen atoms in total. The van der Waals surface area contributed by atoms with Crippen LogP contribution in [0.1, 0.15) is 155 Å². The predicted octanol–water partition coefficient (Wildman–Crippen LogP) is 11.5. The lowest BCUT2D eigenvalue weighted by Crippen LogP contribution is -2.37. The third-order valence-electron chi connectivity index (χ3n) is 8.78. The van der Waals surface area contributed by atoms with Crippen molar-refractivity contribution < 1.29 is 37.3 Å². The van der Waals surface area contributed by atoms with E-state index in [1.165, 1.54) is 128 Å². The van der Waals surface area contributed by atoms with Crippen LogP contribution in [0.5, 0.6) is 0 Å². The molecule has 0 aliphatic carbocycles. The molecule has 0 radical (unpaired) electrons. The molecule has 53 heavy (non-hydrogen) atoms.